The monoisotopic (exact) mass is 514 g/mol. The summed E-state index contributed by atoms with van der Waals surface area (Å²) in [5, 5.41) is 3.67. The molecule has 0 aliphatic carbocycles. The lowest BCUT2D eigenvalue weighted by Crippen LogP contribution is -2.51. The molecule has 0 radical (unpaired) electrons. The Hall–Kier alpha value is -2.89. The van der Waals surface area contributed by atoms with Gasteiger partial charge in [0.25, 0.3) is 0 Å². The summed E-state index contributed by atoms with van der Waals surface area (Å²) in [6, 6.07) is 19.9. The van der Waals surface area contributed by atoms with Crippen LogP contribution in [0.4, 0.5) is 4.39 Å². The minimum Gasteiger partial charge on any atom is -0.354 e. The molecule has 0 fully saturated rings. The van der Waals surface area contributed by atoms with Gasteiger partial charge in [0, 0.05) is 35.1 Å². The van der Waals surface area contributed by atoms with Crippen molar-refractivity contribution in [2.45, 2.75) is 39.3 Å². The summed E-state index contributed by atoms with van der Waals surface area (Å²) in [4.78, 5) is 28.6. The van der Waals surface area contributed by atoms with Crippen molar-refractivity contribution < 1.29 is 14.0 Å². The zero-order chi connectivity index (χ0) is 25.4. The number of halogens is 3. The smallest absolute Gasteiger partial charge is 0.243 e. The second kappa shape index (κ2) is 12.7. The van der Waals surface area contributed by atoms with E-state index in [4.69, 9.17) is 23.2 Å². The maximum absolute atomic E-state index is 14.6. The predicted octanol–water partition coefficient (Wildman–Crippen LogP) is 6.09. The van der Waals surface area contributed by atoms with E-state index < -0.39 is 11.9 Å². The van der Waals surface area contributed by atoms with E-state index in [-0.39, 0.29) is 37.1 Å². The Morgan fingerprint density at radius 1 is 0.914 bits per heavy atom. The number of hydrogen-bond acceptors (Lipinski definition) is 2. The summed E-state index contributed by atoms with van der Waals surface area (Å²) in [6.45, 7) is 4.38. The van der Waals surface area contributed by atoms with Gasteiger partial charge < -0.3 is 10.2 Å². The van der Waals surface area contributed by atoms with Gasteiger partial charge in [0.2, 0.25) is 11.8 Å². The van der Waals surface area contributed by atoms with Crippen molar-refractivity contribution in [3.8, 4) is 0 Å². The third kappa shape index (κ3) is 7.55. The predicted molar refractivity (Wildman–Crippen MR) is 139 cm³/mol. The standard InChI is InChI=1S/C28H29Cl2FN2O2/c1-19(2)17-32-28(35)26(15-20-9-4-3-5-10-20)33(18-21-11-6-7-14-25(21)31)27(34)16-22-23(29)12-8-13-24(22)30/h3-14,19,26H,15-18H2,1-2H3,(H,32,35)/t26-/m0/s1. The Labute approximate surface area is 216 Å². The number of carbonyl (C=O) groups excluding carboxylic acids is 2. The zero-order valence-corrected chi connectivity index (χ0v) is 21.3. The molecule has 0 saturated heterocycles. The molecule has 0 spiro atoms. The van der Waals surface area contributed by atoms with E-state index in [1.165, 1.54) is 11.0 Å². The molecular weight excluding hydrogens is 486 g/mol. The van der Waals surface area contributed by atoms with Crippen molar-refractivity contribution in [1.29, 1.82) is 0 Å². The molecule has 1 N–H and O–H groups in total. The maximum Gasteiger partial charge on any atom is 0.243 e. The van der Waals surface area contributed by atoms with E-state index in [1.54, 1.807) is 36.4 Å². The van der Waals surface area contributed by atoms with Crippen LogP contribution < -0.4 is 5.32 Å². The average Bonchev–Trinajstić information content (AvgIpc) is 2.83. The van der Waals surface area contributed by atoms with E-state index in [1.807, 2.05) is 44.2 Å². The largest absolute Gasteiger partial charge is 0.354 e. The molecule has 1 atom stereocenters. The first-order valence-electron chi connectivity index (χ1n) is 11.5. The van der Waals surface area contributed by atoms with Crippen molar-refractivity contribution in [3.63, 3.8) is 0 Å². The molecule has 0 bridgehead atoms. The van der Waals surface area contributed by atoms with E-state index in [9.17, 15) is 14.0 Å². The van der Waals surface area contributed by atoms with Crippen LogP contribution in [0.25, 0.3) is 0 Å². The quantitative estimate of drug-likeness (QED) is 0.356. The second-order valence-electron chi connectivity index (χ2n) is 8.83. The average molecular weight is 515 g/mol. The number of amides is 2. The molecule has 2 amide bonds. The highest BCUT2D eigenvalue weighted by Crippen LogP contribution is 2.26. The van der Waals surface area contributed by atoms with E-state index in [2.05, 4.69) is 5.32 Å². The molecule has 0 heterocycles. The van der Waals surface area contributed by atoms with Crippen LogP contribution in [-0.4, -0.2) is 29.3 Å². The summed E-state index contributed by atoms with van der Waals surface area (Å²) < 4.78 is 14.6. The molecule has 3 aromatic carbocycles. The van der Waals surface area contributed by atoms with Gasteiger partial charge >= 0.3 is 0 Å². The fourth-order valence-electron chi connectivity index (χ4n) is 3.74. The highest BCUT2D eigenvalue weighted by atomic mass is 35.5. The summed E-state index contributed by atoms with van der Waals surface area (Å²) in [7, 11) is 0. The summed E-state index contributed by atoms with van der Waals surface area (Å²) in [5.41, 5.74) is 1.68. The zero-order valence-electron chi connectivity index (χ0n) is 19.8. The molecule has 7 heteroatoms. The molecule has 0 aliphatic heterocycles. The lowest BCUT2D eigenvalue weighted by atomic mass is 10.0. The van der Waals surface area contributed by atoms with Gasteiger partial charge in [0.15, 0.2) is 0 Å². The van der Waals surface area contributed by atoms with E-state index in [0.29, 0.717) is 27.7 Å². The summed E-state index contributed by atoms with van der Waals surface area (Å²) in [6.07, 6.45) is 0.164. The van der Waals surface area contributed by atoms with Gasteiger partial charge in [0.05, 0.1) is 6.42 Å². The maximum atomic E-state index is 14.6. The highest BCUT2D eigenvalue weighted by Gasteiger charge is 2.31. The van der Waals surface area contributed by atoms with Gasteiger partial charge in [-0.1, -0.05) is 91.6 Å². The Bertz CT molecular complexity index is 1130. The van der Waals surface area contributed by atoms with Crippen molar-refractivity contribution >= 4 is 35.0 Å². The lowest BCUT2D eigenvalue weighted by Gasteiger charge is -2.32. The number of rotatable bonds is 10. The fraction of sp³-hybridized carbons (Fsp3) is 0.286. The molecule has 3 aromatic rings. The Kier molecular flexibility index (Phi) is 9.70. The number of hydrogen-bond donors (Lipinski definition) is 1. The van der Waals surface area contributed by atoms with Crippen LogP contribution in [0.15, 0.2) is 72.8 Å². The van der Waals surface area contributed by atoms with Gasteiger partial charge in [-0.2, -0.15) is 0 Å². The second-order valence-corrected chi connectivity index (χ2v) is 9.65. The molecular formula is C28H29Cl2FN2O2. The van der Waals surface area contributed by atoms with Crippen LogP contribution in [0.5, 0.6) is 0 Å². The van der Waals surface area contributed by atoms with Gasteiger partial charge in [-0.25, -0.2) is 4.39 Å². The number of carbonyl (C=O) groups is 2. The van der Waals surface area contributed by atoms with Gasteiger partial charge in [0.1, 0.15) is 11.9 Å². The number of nitrogens with zero attached hydrogens (tertiary/aromatic N) is 1. The Morgan fingerprint density at radius 2 is 1.54 bits per heavy atom. The SMILES string of the molecule is CC(C)CNC(=O)[C@H](Cc1ccccc1)N(Cc1ccccc1F)C(=O)Cc1c(Cl)cccc1Cl. The van der Waals surface area contributed by atoms with Crippen molar-refractivity contribution in [1.82, 2.24) is 10.2 Å². The summed E-state index contributed by atoms with van der Waals surface area (Å²) in [5.74, 6) is -0.877. The van der Waals surface area contributed by atoms with Crippen LogP contribution in [0.1, 0.15) is 30.5 Å². The third-order valence-corrected chi connectivity index (χ3v) is 6.35. The van der Waals surface area contributed by atoms with Gasteiger partial charge in [-0.3, -0.25) is 9.59 Å². The first-order chi connectivity index (χ1) is 16.8. The van der Waals surface area contributed by atoms with Crippen LogP contribution in [-0.2, 0) is 29.0 Å². The normalized spacial score (nSPS) is 11.8. The topological polar surface area (TPSA) is 49.4 Å². The molecule has 35 heavy (non-hydrogen) atoms. The molecule has 3 rings (SSSR count). The molecule has 4 nitrogen and oxygen atoms in total. The number of benzene rings is 3. The Balaban J connectivity index is 2.01. The van der Waals surface area contributed by atoms with Crippen LogP contribution in [0, 0.1) is 11.7 Å². The molecule has 0 unspecified atom stereocenters. The summed E-state index contributed by atoms with van der Waals surface area (Å²) >= 11 is 12.7. The van der Waals surface area contributed by atoms with Gasteiger partial charge in [-0.15, -0.1) is 0 Å². The fourth-order valence-corrected chi connectivity index (χ4v) is 4.27. The number of nitrogens with one attached hydrogen (secondary N) is 1. The Morgan fingerprint density at radius 3 is 2.17 bits per heavy atom. The highest BCUT2D eigenvalue weighted by molar-refractivity contribution is 6.36. The van der Waals surface area contributed by atoms with Crippen LogP contribution in [0.3, 0.4) is 0 Å². The molecule has 0 aliphatic rings. The first-order valence-corrected chi connectivity index (χ1v) is 12.3. The molecule has 184 valence electrons. The molecule has 0 aromatic heterocycles. The third-order valence-electron chi connectivity index (χ3n) is 5.64. The van der Waals surface area contributed by atoms with Crippen LogP contribution >= 0.6 is 23.2 Å². The van der Waals surface area contributed by atoms with Crippen molar-refractivity contribution in [2.24, 2.45) is 5.92 Å². The van der Waals surface area contributed by atoms with Gasteiger partial charge in [-0.05, 0) is 35.2 Å². The van der Waals surface area contributed by atoms with E-state index >= 15 is 0 Å². The lowest BCUT2D eigenvalue weighted by molar-refractivity contribution is -0.140. The van der Waals surface area contributed by atoms with Crippen LogP contribution in [0.2, 0.25) is 10.0 Å². The minimum atomic E-state index is -0.857. The molecule has 0 saturated carbocycles. The van der Waals surface area contributed by atoms with E-state index in [0.717, 1.165) is 5.56 Å². The minimum absolute atomic E-state index is 0.0693. The first kappa shape index (κ1) is 26.7. The van der Waals surface area contributed by atoms with Crippen molar-refractivity contribution in [3.05, 3.63) is 105 Å². The van der Waals surface area contributed by atoms with Crippen molar-refractivity contribution in [2.75, 3.05) is 6.54 Å².